The number of carboxylic acid groups (broad SMARTS) is 1. The highest BCUT2D eigenvalue weighted by Gasteiger charge is 2.14. The number of benzene rings is 1. The maximum atomic E-state index is 11.9. The van der Waals surface area contributed by atoms with E-state index < -0.39 is 11.9 Å². The molecule has 6 nitrogen and oxygen atoms in total. The van der Waals surface area contributed by atoms with E-state index in [1.807, 2.05) is 0 Å². The first-order valence-electron chi connectivity index (χ1n) is 5.42. The number of nitrogens with one attached hydrogen (secondary N) is 1. The Balaban J connectivity index is 2.11. The molecule has 0 bridgehead atoms. The van der Waals surface area contributed by atoms with Crippen molar-refractivity contribution in [3.05, 3.63) is 39.9 Å². The maximum absolute atomic E-state index is 11.9. The van der Waals surface area contributed by atoms with Crippen molar-refractivity contribution in [2.24, 2.45) is 0 Å². The molecule has 0 saturated carbocycles. The Morgan fingerprint density at radius 2 is 2.15 bits per heavy atom. The predicted octanol–water partition coefficient (Wildman–Crippen LogP) is 2.38. The summed E-state index contributed by atoms with van der Waals surface area (Å²) in [7, 11) is 0. The van der Waals surface area contributed by atoms with Gasteiger partial charge in [-0.25, -0.2) is 4.98 Å². The van der Waals surface area contributed by atoms with E-state index in [0.29, 0.717) is 10.7 Å². The minimum Gasteiger partial charge on any atom is -0.507 e. The fraction of sp³-hybridized carbons (Fsp3) is 0.0833. The molecule has 0 aliphatic rings. The van der Waals surface area contributed by atoms with Gasteiger partial charge in [-0.2, -0.15) is 0 Å². The van der Waals surface area contributed by atoms with Crippen LogP contribution in [0.3, 0.4) is 0 Å². The van der Waals surface area contributed by atoms with Gasteiger partial charge in [0.05, 0.1) is 17.7 Å². The van der Waals surface area contributed by atoms with Crippen LogP contribution in [0.2, 0.25) is 5.02 Å². The van der Waals surface area contributed by atoms with Crippen molar-refractivity contribution in [2.75, 3.05) is 5.32 Å². The Bertz CT molecular complexity index is 671. The molecule has 0 saturated heterocycles. The second-order valence-electron chi connectivity index (χ2n) is 3.83. The number of thiazole rings is 1. The molecule has 20 heavy (non-hydrogen) atoms. The quantitative estimate of drug-likeness (QED) is 0.805. The number of phenolic OH excluding ortho intramolecular Hbond substituents is 1. The third-order valence-corrected chi connectivity index (χ3v) is 3.35. The zero-order chi connectivity index (χ0) is 14.7. The molecule has 2 rings (SSSR count). The molecule has 3 N–H and O–H groups in total. The van der Waals surface area contributed by atoms with Crippen molar-refractivity contribution in [1.29, 1.82) is 0 Å². The first kappa shape index (κ1) is 14.3. The van der Waals surface area contributed by atoms with E-state index >= 15 is 0 Å². The molecule has 1 aromatic carbocycles. The number of nitrogens with zero attached hydrogens (tertiary/aromatic N) is 1. The van der Waals surface area contributed by atoms with Crippen LogP contribution in [0.4, 0.5) is 5.13 Å². The van der Waals surface area contributed by atoms with Gasteiger partial charge in [-0.1, -0.05) is 11.6 Å². The van der Waals surface area contributed by atoms with Crippen LogP contribution in [0, 0.1) is 0 Å². The molecule has 0 fully saturated rings. The number of aliphatic carboxylic acids is 1. The van der Waals surface area contributed by atoms with Crippen molar-refractivity contribution in [2.45, 2.75) is 6.42 Å². The van der Waals surface area contributed by atoms with Gasteiger partial charge in [-0.05, 0) is 18.2 Å². The number of hydrogen-bond donors (Lipinski definition) is 3. The average molecular weight is 313 g/mol. The Labute approximate surface area is 122 Å². The molecule has 0 radical (unpaired) electrons. The minimum absolute atomic E-state index is 0.0596. The number of carboxylic acids is 1. The summed E-state index contributed by atoms with van der Waals surface area (Å²) in [5, 5.41) is 22.9. The summed E-state index contributed by atoms with van der Waals surface area (Å²) in [5.41, 5.74) is 0.419. The zero-order valence-electron chi connectivity index (χ0n) is 9.96. The van der Waals surface area contributed by atoms with Crippen molar-refractivity contribution in [3.8, 4) is 5.75 Å². The van der Waals surface area contributed by atoms with Gasteiger partial charge in [0.25, 0.3) is 5.91 Å². The third kappa shape index (κ3) is 3.46. The van der Waals surface area contributed by atoms with Gasteiger partial charge in [0.15, 0.2) is 5.13 Å². The predicted molar refractivity (Wildman–Crippen MR) is 74.5 cm³/mol. The second kappa shape index (κ2) is 5.89. The first-order chi connectivity index (χ1) is 9.45. The Morgan fingerprint density at radius 3 is 2.80 bits per heavy atom. The van der Waals surface area contributed by atoms with Crippen LogP contribution in [0.1, 0.15) is 16.1 Å². The average Bonchev–Trinajstić information content (AvgIpc) is 2.75. The molecule has 0 aliphatic carbocycles. The van der Waals surface area contributed by atoms with Gasteiger partial charge in [0.1, 0.15) is 5.75 Å². The monoisotopic (exact) mass is 312 g/mol. The molecule has 0 unspecified atom stereocenters. The van der Waals surface area contributed by atoms with Gasteiger partial charge < -0.3 is 10.2 Å². The number of carbonyl (C=O) groups is 2. The number of halogens is 1. The number of phenols is 1. The number of amides is 1. The lowest BCUT2D eigenvalue weighted by Crippen LogP contribution is -2.12. The standard InChI is InChI=1S/C12H9ClN2O4S/c13-6-1-2-8(9(16)3-6)11(19)15-12-14-7(5-20-12)4-10(17)18/h1-3,5,16H,4H2,(H,17,18)(H,14,15,19). The first-order valence-corrected chi connectivity index (χ1v) is 6.67. The summed E-state index contributed by atoms with van der Waals surface area (Å²) >= 11 is 6.79. The molecule has 1 aromatic heterocycles. The smallest absolute Gasteiger partial charge is 0.309 e. The topological polar surface area (TPSA) is 99.5 Å². The molecule has 2 aromatic rings. The van der Waals surface area contributed by atoms with Gasteiger partial charge >= 0.3 is 5.97 Å². The molecule has 1 amide bonds. The number of carbonyl (C=O) groups excluding carboxylic acids is 1. The van der Waals surface area contributed by atoms with Crippen LogP contribution in [-0.2, 0) is 11.2 Å². The van der Waals surface area contributed by atoms with Gasteiger partial charge in [-0.3, -0.25) is 14.9 Å². The summed E-state index contributed by atoms with van der Waals surface area (Å²) in [6.45, 7) is 0. The zero-order valence-corrected chi connectivity index (χ0v) is 11.5. The summed E-state index contributed by atoms with van der Waals surface area (Å²) in [6, 6.07) is 4.13. The third-order valence-electron chi connectivity index (χ3n) is 2.31. The highest BCUT2D eigenvalue weighted by Crippen LogP contribution is 2.24. The van der Waals surface area contributed by atoms with Crippen molar-refractivity contribution in [3.63, 3.8) is 0 Å². The highest BCUT2D eigenvalue weighted by atomic mass is 35.5. The number of aromatic hydroxyl groups is 1. The molecule has 1 heterocycles. The lowest BCUT2D eigenvalue weighted by Gasteiger charge is -2.04. The van der Waals surface area contributed by atoms with Crippen LogP contribution >= 0.6 is 22.9 Å². The van der Waals surface area contributed by atoms with Crippen molar-refractivity contribution < 1.29 is 19.8 Å². The summed E-state index contributed by atoms with van der Waals surface area (Å²) in [5.74, 6) is -1.78. The molecule has 104 valence electrons. The van der Waals surface area contributed by atoms with Crippen LogP contribution < -0.4 is 5.32 Å². The Morgan fingerprint density at radius 1 is 1.40 bits per heavy atom. The summed E-state index contributed by atoms with van der Waals surface area (Å²) in [4.78, 5) is 26.4. The molecular weight excluding hydrogens is 304 g/mol. The van der Waals surface area contributed by atoms with Crippen LogP contribution in [0.15, 0.2) is 23.6 Å². The lowest BCUT2D eigenvalue weighted by molar-refractivity contribution is -0.136. The number of aromatic nitrogens is 1. The van der Waals surface area contributed by atoms with Crippen LogP contribution in [-0.4, -0.2) is 27.1 Å². The Kier molecular flexibility index (Phi) is 4.21. The minimum atomic E-state index is -0.997. The van der Waals surface area contributed by atoms with E-state index in [4.69, 9.17) is 16.7 Å². The van der Waals surface area contributed by atoms with Crippen LogP contribution in [0.25, 0.3) is 0 Å². The highest BCUT2D eigenvalue weighted by molar-refractivity contribution is 7.14. The normalized spacial score (nSPS) is 10.2. The molecule has 0 aliphatic heterocycles. The number of anilines is 1. The van der Waals surface area contributed by atoms with Crippen molar-refractivity contribution >= 4 is 39.9 Å². The van der Waals surface area contributed by atoms with Crippen molar-refractivity contribution in [1.82, 2.24) is 4.98 Å². The lowest BCUT2D eigenvalue weighted by atomic mass is 10.2. The molecular formula is C12H9ClN2O4S. The van der Waals surface area contributed by atoms with E-state index in [0.717, 1.165) is 11.3 Å². The fourth-order valence-corrected chi connectivity index (χ4v) is 2.33. The van der Waals surface area contributed by atoms with E-state index in [-0.39, 0.29) is 22.9 Å². The van der Waals surface area contributed by atoms with Crippen LogP contribution in [0.5, 0.6) is 5.75 Å². The van der Waals surface area contributed by atoms with E-state index in [2.05, 4.69) is 10.3 Å². The SMILES string of the molecule is O=C(O)Cc1csc(NC(=O)c2ccc(Cl)cc2O)n1. The molecule has 0 spiro atoms. The summed E-state index contributed by atoms with van der Waals surface area (Å²) < 4.78 is 0. The largest absolute Gasteiger partial charge is 0.507 e. The second-order valence-corrected chi connectivity index (χ2v) is 5.12. The van der Waals surface area contributed by atoms with Gasteiger partial charge in [-0.15, -0.1) is 11.3 Å². The van der Waals surface area contributed by atoms with E-state index in [9.17, 15) is 14.7 Å². The Hall–Kier alpha value is -2.12. The number of rotatable bonds is 4. The maximum Gasteiger partial charge on any atom is 0.309 e. The molecule has 0 atom stereocenters. The summed E-state index contributed by atoms with van der Waals surface area (Å²) in [6.07, 6.45) is -0.210. The molecule has 8 heteroatoms. The van der Waals surface area contributed by atoms with Gasteiger partial charge in [0, 0.05) is 10.4 Å². The fourth-order valence-electron chi connectivity index (χ4n) is 1.46. The number of hydrogen-bond acceptors (Lipinski definition) is 5. The van der Waals surface area contributed by atoms with Gasteiger partial charge in [0.2, 0.25) is 0 Å². The van der Waals surface area contributed by atoms with E-state index in [1.165, 1.54) is 18.2 Å². The van der Waals surface area contributed by atoms with E-state index in [1.54, 1.807) is 5.38 Å².